The molecule has 1 unspecified atom stereocenters. The Bertz CT molecular complexity index is 828. The average molecular weight is 447 g/mol. The number of guanidine groups is 1. The summed E-state index contributed by atoms with van der Waals surface area (Å²) in [7, 11) is 1.55. The SMILES string of the molecule is CCNC(=NCc1cccc(OC)c1O)NC1CCN(c2ccccc2Br)C1. The summed E-state index contributed by atoms with van der Waals surface area (Å²) in [6.45, 7) is 5.10. The minimum absolute atomic E-state index is 0.144. The summed E-state index contributed by atoms with van der Waals surface area (Å²) in [4.78, 5) is 7.02. The van der Waals surface area contributed by atoms with Crippen LogP contribution in [0.15, 0.2) is 51.9 Å². The van der Waals surface area contributed by atoms with Crippen molar-refractivity contribution in [3.8, 4) is 11.5 Å². The van der Waals surface area contributed by atoms with Crippen LogP contribution in [0.1, 0.15) is 18.9 Å². The maximum atomic E-state index is 10.3. The first-order chi connectivity index (χ1) is 13.6. The van der Waals surface area contributed by atoms with Crippen LogP contribution in [0.5, 0.6) is 11.5 Å². The third kappa shape index (κ3) is 4.90. The van der Waals surface area contributed by atoms with Crippen molar-refractivity contribution in [2.75, 3.05) is 31.6 Å². The monoisotopic (exact) mass is 446 g/mol. The number of phenols is 1. The van der Waals surface area contributed by atoms with Crippen LogP contribution in [0, 0.1) is 0 Å². The minimum Gasteiger partial charge on any atom is -0.504 e. The summed E-state index contributed by atoms with van der Waals surface area (Å²) >= 11 is 3.64. The molecule has 3 rings (SSSR count). The van der Waals surface area contributed by atoms with Crippen molar-refractivity contribution in [3.63, 3.8) is 0 Å². The average Bonchev–Trinajstić information content (AvgIpc) is 3.16. The van der Waals surface area contributed by atoms with E-state index in [9.17, 15) is 5.11 Å². The molecule has 6 nitrogen and oxygen atoms in total. The molecule has 0 bridgehead atoms. The molecule has 0 amide bonds. The quantitative estimate of drug-likeness (QED) is 0.467. The second-order valence-corrected chi connectivity index (χ2v) is 7.54. The lowest BCUT2D eigenvalue weighted by molar-refractivity contribution is 0.370. The molecule has 0 radical (unpaired) electrons. The van der Waals surface area contributed by atoms with Crippen LogP contribution in [0.25, 0.3) is 0 Å². The molecule has 0 saturated carbocycles. The maximum Gasteiger partial charge on any atom is 0.191 e. The van der Waals surface area contributed by atoms with Crippen LogP contribution in [-0.4, -0.2) is 43.9 Å². The second kappa shape index (κ2) is 9.68. The molecule has 1 saturated heterocycles. The van der Waals surface area contributed by atoms with Gasteiger partial charge in [-0.15, -0.1) is 0 Å². The highest BCUT2D eigenvalue weighted by Gasteiger charge is 2.24. The third-order valence-corrected chi connectivity index (χ3v) is 5.45. The summed E-state index contributed by atoms with van der Waals surface area (Å²) < 4.78 is 6.29. The fourth-order valence-corrected chi connectivity index (χ4v) is 3.88. The van der Waals surface area contributed by atoms with Gasteiger partial charge in [0.1, 0.15) is 0 Å². The van der Waals surface area contributed by atoms with Crippen molar-refractivity contribution < 1.29 is 9.84 Å². The molecular formula is C21H27BrN4O2. The number of aliphatic imine (C=N–C) groups is 1. The van der Waals surface area contributed by atoms with E-state index in [1.807, 2.05) is 25.1 Å². The van der Waals surface area contributed by atoms with Gasteiger partial charge in [0.05, 0.1) is 19.3 Å². The van der Waals surface area contributed by atoms with E-state index in [4.69, 9.17) is 4.74 Å². The Balaban J connectivity index is 1.65. The highest BCUT2D eigenvalue weighted by molar-refractivity contribution is 9.10. The van der Waals surface area contributed by atoms with Gasteiger partial charge in [0, 0.05) is 35.7 Å². The van der Waals surface area contributed by atoms with Gasteiger partial charge >= 0.3 is 0 Å². The molecule has 1 heterocycles. The van der Waals surface area contributed by atoms with Gasteiger partial charge in [0.2, 0.25) is 0 Å². The molecule has 2 aromatic carbocycles. The van der Waals surface area contributed by atoms with Crippen molar-refractivity contribution in [2.45, 2.75) is 25.9 Å². The molecule has 1 atom stereocenters. The van der Waals surface area contributed by atoms with Crippen LogP contribution >= 0.6 is 15.9 Å². The highest BCUT2D eigenvalue weighted by atomic mass is 79.9. The summed E-state index contributed by atoms with van der Waals surface area (Å²) in [6, 6.07) is 14.1. The number of aromatic hydroxyl groups is 1. The molecule has 150 valence electrons. The number of nitrogens with zero attached hydrogens (tertiary/aromatic N) is 2. The zero-order valence-electron chi connectivity index (χ0n) is 16.3. The number of ether oxygens (including phenoxy) is 1. The molecule has 28 heavy (non-hydrogen) atoms. The fraction of sp³-hybridized carbons (Fsp3) is 0.381. The second-order valence-electron chi connectivity index (χ2n) is 6.69. The van der Waals surface area contributed by atoms with E-state index in [-0.39, 0.29) is 5.75 Å². The number of methoxy groups -OCH3 is 1. The van der Waals surface area contributed by atoms with Crippen LogP contribution in [0.4, 0.5) is 5.69 Å². The molecule has 2 aromatic rings. The highest BCUT2D eigenvalue weighted by Crippen LogP contribution is 2.30. The number of para-hydroxylation sites is 2. The van der Waals surface area contributed by atoms with E-state index in [2.05, 4.69) is 54.7 Å². The molecule has 0 spiro atoms. The Hall–Kier alpha value is -2.41. The lowest BCUT2D eigenvalue weighted by atomic mass is 10.2. The van der Waals surface area contributed by atoms with E-state index >= 15 is 0 Å². The van der Waals surface area contributed by atoms with E-state index < -0.39 is 0 Å². The zero-order valence-corrected chi connectivity index (χ0v) is 17.9. The molecule has 7 heteroatoms. The smallest absolute Gasteiger partial charge is 0.191 e. The minimum atomic E-state index is 0.144. The van der Waals surface area contributed by atoms with E-state index in [0.29, 0.717) is 18.3 Å². The van der Waals surface area contributed by atoms with E-state index in [0.717, 1.165) is 42.1 Å². The van der Waals surface area contributed by atoms with Crippen LogP contribution in [-0.2, 0) is 6.54 Å². The first-order valence-electron chi connectivity index (χ1n) is 9.51. The number of benzene rings is 2. The van der Waals surface area contributed by atoms with Crippen molar-refractivity contribution in [2.24, 2.45) is 4.99 Å². The Morgan fingerprint density at radius 3 is 2.86 bits per heavy atom. The molecule has 3 N–H and O–H groups in total. The van der Waals surface area contributed by atoms with Crippen molar-refractivity contribution in [3.05, 3.63) is 52.5 Å². The number of phenolic OH excluding ortho intramolecular Hbond substituents is 1. The lowest BCUT2D eigenvalue weighted by Crippen LogP contribution is -2.44. The standard InChI is InChI=1S/C21H27BrN4O2/c1-3-23-21(24-13-15-7-6-10-19(28-2)20(15)27)25-16-11-12-26(14-16)18-9-5-4-8-17(18)22/h4-10,16,27H,3,11-14H2,1-2H3,(H2,23,24,25). The van der Waals surface area contributed by atoms with Crippen LogP contribution in [0.2, 0.25) is 0 Å². The van der Waals surface area contributed by atoms with E-state index in [1.54, 1.807) is 13.2 Å². The first kappa shape index (κ1) is 20.3. The lowest BCUT2D eigenvalue weighted by Gasteiger charge is -2.21. The van der Waals surface area contributed by atoms with Gasteiger partial charge in [0.15, 0.2) is 17.5 Å². The normalized spacial score (nSPS) is 16.9. The molecule has 1 aliphatic heterocycles. The zero-order chi connectivity index (χ0) is 19.9. The van der Waals surface area contributed by atoms with E-state index in [1.165, 1.54) is 5.69 Å². The summed E-state index contributed by atoms with van der Waals surface area (Å²) in [5.74, 6) is 1.36. The fourth-order valence-electron chi connectivity index (χ4n) is 3.34. The van der Waals surface area contributed by atoms with Gasteiger partial charge in [-0.25, -0.2) is 4.99 Å². The first-order valence-corrected chi connectivity index (χ1v) is 10.3. The summed E-state index contributed by atoms with van der Waals surface area (Å²) in [5, 5.41) is 17.1. The van der Waals surface area contributed by atoms with Gasteiger partial charge in [-0.1, -0.05) is 24.3 Å². The number of rotatable bonds is 6. The topological polar surface area (TPSA) is 69.1 Å². The van der Waals surface area contributed by atoms with Gasteiger partial charge in [-0.3, -0.25) is 0 Å². The predicted molar refractivity (Wildman–Crippen MR) is 117 cm³/mol. The van der Waals surface area contributed by atoms with Crippen LogP contribution in [0.3, 0.4) is 0 Å². The number of nitrogens with one attached hydrogen (secondary N) is 2. The number of hydrogen-bond donors (Lipinski definition) is 3. The third-order valence-electron chi connectivity index (χ3n) is 4.78. The molecule has 1 fully saturated rings. The van der Waals surface area contributed by atoms with Gasteiger partial charge < -0.3 is 25.4 Å². The van der Waals surface area contributed by atoms with Gasteiger partial charge in [-0.2, -0.15) is 0 Å². The van der Waals surface area contributed by atoms with Gasteiger partial charge in [-0.05, 0) is 47.5 Å². The van der Waals surface area contributed by atoms with Crippen molar-refractivity contribution in [1.29, 1.82) is 0 Å². The maximum absolute atomic E-state index is 10.3. The molecule has 1 aliphatic rings. The number of anilines is 1. The van der Waals surface area contributed by atoms with Gasteiger partial charge in [0.25, 0.3) is 0 Å². The number of halogens is 1. The largest absolute Gasteiger partial charge is 0.504 e. The molecule has 0 aliphatic carbocycles. The van der Waals surface area contributed by atoms with Crippen molar-refractivity contribution >= 4 is 27.6 Å². The molecule has 0 aromatic heterocycles. The van der Waals surface area contributed by atoms with Crippen LogP contribution < -0.4 is 20.3 Å². The Morgan fingerprint density at radius 1 is 1.29 bits per heavy atom. The summed E-state index contributed by atoms with van der Waals surface area (Å²) in [6.07, 6.45) is 1.04. The summed E-state index contributed by atoms with van der Waals surface area (Å²) in [5.41, 5.74) is 1.95. The predicted octanol–water partition coefficient (Wildman–Crippen LogP) is 3.50. The Kier molecular flexibility index (Phi) is 7.03. The van der Waals surface area contributed by atoms with Crippen molar-refractivity contribution in [1.82, 2.24) is 10.6 Å². The Labute approximate surface area is 174 Å². The Morgan fingerprint density at radius 2 is 2.11 bits per heavy atom. The number of hydrogen-bond acceptors (Lipinski definition) is 4. The molecular weight excluding hydrogens is 420 g/mol.